The van der Waals surface area contributed by atoms with Crippen LogP contribution in [0.2, 0.25) is 0 Å². The second-order valence-corrected chi connectivity index (χ2v) is 8.75. The zero-order valence-corrected chi connectivity index (χ0v) is 17.9. The lowest BCUT2D eigenvalue weighted by molar-refractivity contribution is 0.632. The van der Waals surface area contributed by atoms with Gasteiger partial charge in [-0.1, -0.05) is 88.4 Å². The van der Waals surface area contributed by atoms with Gasteiger partial charge in [-0.05, 0) is 47.9 Å². The van der Waals surface area contributed by atoms with Gasteiger partial charge in [0.05, 0.1) is 16.7 Å². The van der Waals surface area contributed by atoms with Crippen LogP contribution in [0, 0.1) is 11.8 Å². The molecule has 4 rings (SSSR count). The Kier molecular flexibility index (Phi) is 5.53. The van der Waals surface area contributed by atoms with E-state index in [-0.39, 0.29) is 0 Å². The van der Waals surface area contributed by atoms with E-state index in [1.165, 1.54) is 22.3 Å². The van der Waals surface area contributed by atoms with Crippen molar-refractivity contribution in [3.05, 3.63) is 83.9 Å². The molecular weight excluding hydrogens is 352 g/mol. The van der Waals surface area contributed by atoms with Gasteiger partial charge in [0.2, 0.25) is 0 Å². The number of fused-ring (bicyclic) bond motifs is 1. The van der Waals surface area contributed by atoms with Gasteiger partial charge < -0.3 is 0 Å². The van der Waals surface area contributed by atoms with Crippen LogP contribution in [0.3, 0.4) is 0 Å². The van der Waals surface area contributed by atoms with Crippen LogP contribution in [0.15, 0.2) is 72.8 Å². The number of nitrogens with zero attached hydrogens (tertiary/aromatic N) is 2. The van der Waals surface area contributed by atoms with E-state index in [4.69, 9.17) is 4.98 Å². The standard InChI is InChI=1S/C27H30N2/c1-19(2)17-22-13-10-14-23(18-20(3)4)26(22)29-25-16-9-8-15-24(25)28-27(29)21-11-6-5-7-12-21/h5-16,19-20H,17-18H2,1-4H3. The van der Waals surface area contributed by atoms with Crippen molar-refractivity contribution in [1.82, 2.24) is 9.55 Å². The molecule has 0 radical (unpaired) electrons. The summed E-state index contributed by atoms with van der Waals surface area (Å²) in [5.41, 5.74) is 7.49. The third kappa shape index (κ3) is 3.98. The summed E-state index contributed by atoms with van der Waals surface area (Å²) in [6.07, 6.45) is 2.12. The summed E-state index contributed by atoms with van der Waals surface area (Å²) in [5.74, 6) is 2.21. The van der Waals surface area contributed by atoms with Gasteiger partial charge in [0.1, 0.15) is 5.82 Å². The number of imidazole rings is 1. The number of para-hydroxylation sites is 3. The quantitative estimate of drug-likeness (QED) is 0.348. The third-order valence-corrected chi connectivity index (χ3v) is 5.28. The van der Waals surface area contributed by atoms with Crippen LogP contribution in [0.1, 0.15) is 38.8 Å². The fourth-order valence-corrected chi connectivity index (χ4v) is 4.17. The average Bonchev–Trinajstić information content (AvgIpc) is 3.07. The zero-order chi connectivity index (χ0) is 20.4. The van der Waals surface area contributed by atoms with Gasteiger partial charge in [0.15, 0.2) is 0 Å². The Morgan fingerprint density at radius 3 is 1.90 bits per heavy atom. The number of aromatic nitrogens is 2. The van der Waals surface area contributed by atoms with E-state index in [0.29, 0.717) is 11.8 Å². The predicted molar refractivity (Wildman–Crippen MR) is 124 cm³/mol. The molecule has 0 amide bonds. The molecule has 0 aliphatic rings. The number of hydrogen-bond donors (Lipinski definition) is 0. The van der Waals surface area contributed by atoms with Crippen LogP contribution in [0.4, 0.5) is 0 Å². The Morgan fingerprint density at radius 1 is 0.690 bits per heavy atom. The van der Waals surface area contributed by atoms with E-state index in [9.17, 15) is 0 Å². The highest BCUT2D eigenvalue weighted by atomic mass is 15.1. The highest BCUT2D eigenvalue weighted by Crippen LogP contribution is 2.33. The zero-order valence-electron chi connectivity index (χ0n) is 17.9. The van der Waals surface area contributed by atoms with Crippen molar-refractivity contribution in [3.63, 3.8) is 0 Å². The molecule has 3 aromatic carbocycles. The lowest BCUT2D eigenvalue weighted by Gasteiger charge is -2.21. The Bertz CT molecular complexity index is 1080. The van der Waals surface area contributed by atoms with Crippen molar-refractivity contribution in [2.45, 2.75) is 40.5 Å². The first kappa shape index (κ1) is 19.4. The van der Waals surface area contributed by atoms with Crippen LogP contribution in [-0.2, 0) is 12.8 Å². The number of rotatable bonds is 6. The molecule has 0 bridgehead atoms. The van der Waals surface area contributed by atoms with Crippen LogP contribution in [0.5, 0.6) is 0 Å². The monoisotopic (exact) mass is 382 g/mol. The van der Waals surface area contributed by atoms with Crippen molar-refractivity contribution < 1.29 is 0 Å². The smallest absolute Gasteiger partial charge is 0.145 e. The highest BCUT2D eigenvalue weighted by molar-refractivity contribution is 5.84. The predicted octanol–water partition coefficient (Wildman–Crippen LogP) is 7.09. The first-order valence-corrected chi connectivity index (χ1v) is 10.7. The molecular formula is C27H30N2. The number of benzene rings is 3. The van der Waals surface area contributed by atoms with Crippen LogP contribution < -0.4 is 0 Å². The summed E-state index contributed by atoms with van der Waals surface area (Å²) in [6, 6.07) is 25.9. The third-order valence-electron chi connectivity index (χ3n) is 5.28. The molecule has 29 heavy (non-hydrogen) atoms. The van der Waals surface area contributed by atoms with E-state index < -0.39 is 0 Å². The topological polar surface area (TPSA) is 17.8 Å². The Labute approximate surface area is 174 Å². The van der Waals surface area contributed by atoms with Crippen LogP contribution >= 0.6 is 0 Å². The van der Waals surface area contributed by atoms with E-state index in [1.54, 1.807) is 0 Å². The fraction of sp³-hybridized carbons (Fsp3) is 0.296. The van der Waals surface area contributed by atoms with Gasteiger partial charge in [0.25, 0.3) is 0 Å². The molecule has 4 aromatic rings. The lowest BCUT2D eigenvalue weighted by Crippen LogP contribution is -2.10. The average molecular weight is 383 g/mol. The van der Waals surface area contributed by atoms with Gasteiger partial charge in [0, 0.05) is 5.56 Å². The molecule has 0 atom stereocenters. The molecule has 2 nitrogen and oxygen atoms in total. The Balaban J connectivity index is 2.06. The fourth-order valence-electron chi connectivity index (χ4n) is 4.17. The molecule has 1 aromatic heterocycles. The molecule has 0 aliphatic carbocycles. The van der Waals surface area contributed by atoms with Gasteiger partial charge in [-0.3, -0.25) is 4.57 Å². The van der Waals surface area contributed by atoms with Gasteiger partial charge in [-0.15, -0.1) is 0 Å². The summed E-state index contributed by atoms with van der Waals surface area (Å²) < 4.78 is 2.40. The van der Waals surface area contributed by atoms with Crippen LogP contribution in [0.25, 0.3) is 28.1 Å². The Morgan fingerprint density at radius 2 is 1.28 bits per heavy atom. The first-order chi connectivity index (χ1) is 14.0. The molecule has 1 heterocycles. The van der Waals surface area contributed by atoms with Crippen molar-refractivity contribution in [2.75, 3.05) is 0 Å². The minimum atomic E-state index is 0.595. The maximum Gasteiger partial charge on any atom is 0.145 e. The first-order valence-electron chi connectivity index (χ1n) is 10.7. The molecule has 0 fully saturated rings. The summed E-state index contributed by atoms with van der Waals surface area (Å²) in [7, 11) is 0. The van der Waals surface area contributed by atoms with E-state index >= 15 is 0 Å². The molecule has 0 aliphatic heterocycles. The van der Waals surface area contributed by atoms with Gasteiger partial charge in [-0.25, -0.2) is 4.98 Å². The summed E-state index contributed by atoms with van der Waals surface area (Å²) in [4.78, 5) is 5.06. The largest absolute Gasteiger partial charge is 0.292 e. The minimum Gasteiger partial charge on any atom is -0.292 e. The maximum atomic E-state index is 5.06. The normalized spacial score (nSPS) is 11.7. The SMILES string of the molecule is CC(C)Cc1cccc(CC(C)C)c1-n1c(-c2ccccc2)nc2ccccc21. The van der Waals surface area contributed by atoms with E-state index in [0.717, 1.165) is 29.7 Å². The minimum absolute atomic E-state index is 0.595. The van der Waals surface area contributed by atoms with E-state index in [2.05, 4.69) is 105 Å². The van der Waals surface area contributed by atoms with E-state index in [1.807, 2.05) is 0 Å². The molecule has 0 saturated heterocycles. The molecule has 0 unspecified atom stereocenters. The lowest BCUT2D eigenvalue weighted by atomic mass is 9.94. The summed E-state index contributed by atoms with van der Waals surface area (Å²) in [5, 5.41) is 0. The molecule has 2 heteroatoms. The molecule has 0 saturated carbocycles. The second kappa shape index (κ2) is 8.24. The maximum absolute atomic E-state index is 5.06. The molecule has 148 valence electrons. The molecule has 0 spiro atoms. The van der Waals surface area contributed by atoms with Crippen molar-refractivity contribution in [3.8, 4) is 17.1 Å². The summed E-state index contributed by atoms with van der Waals surface area (Å²) in [6.45, 7) is 9.18. The molecule has 0 N–H and O–H groups in total. The second-order valence-electron chi connectivity index (χ2n) is 8.75. The highest BCUT2D eigenvalue weighted by Gasteiger charge is 2.20. The van der Waals surface area contributed by atoms with Crippen molar-refractivity contribution in [2.24, 2.45) is 11.8 Å². The number of hydrogen-bond acceptors (Lipinski definition) is 1. The van der Waals surface area contributed by atoms with Crippen LogP contribution in [-0.4, -0.2) is 9.55 Å². The van der Waals surface area contributed by atoms with Crippen molar-refractivity contribution in [1.29, 1.82) is 0 Å². The van der Waals surface area contributed by atoms with Crippen molar-refractivity contribution >= 4 is 11.0 Å². The van der Waals surface area contributed by atoms with Gasteiger partial charge in [-0.2, -0.15) is 0 Å². The summed E-state index contributed by atoms with van der Waals surface area (Å²) >= 11 is 0. The van der Waals surface area contributed by atoms with Gasteiger partial charge >= 0.3 is 0 Å². The Hall–Kier alpha value is -2.87.